The van der Waals surface area contributed by atoms with E-state index in [1.807, 2.05) is 0 Å². The first kappa shape index (κ1) is 20.2. The molecule has 1 aliphatic rings. The van der Waals surface area contributed by atoms with Crippen molar-refractivity contribution < 1.29 is 21.6 Å². The third-order valence-electron chi connectivity index (χ3n) is 3.81. The highest BCUT2D eigenvalue weighted by molar-refractivity contribution is 9.10. The van der Waals surface area contributed by atoms with E-state index in [1.165, 1.54) is 40.3 Å². The first-order chi connectivity index (χ1) is 12.7. The Kier molecular flexibility index (Phi) is 5.87. The van der Waals surface area contributed by atoms with E-state index in [4.69, 9.17) is 0 Å². The van der Waals surface area contributed by atoms with E-state index in [0.717, 1.165) is 16.6 Å². The summed E-state index contributed by atoms with van der Waals surface area (Å²) in [6.45, 7) is 0.596. The molecular formula is C17H14BrF3N2O2S2. The molecule has 144 valence electrons. The van der Waals surface area contributed by atoms with Crippen molar-refractivity contribution in [1.82, 2.24) is 4.31 Å². The molecule has 0 bridgehead atoms. The molecule has 0 aliphatic carbocycles. The van der Waals surface area contributed by atoms with Gasteiger partial charge < -0.3 is 0 Å². The molecule has 0 unspecified atom stereocenters. The Morgan fingerprint density at radius 3 is 2.30 bits per heavy atom. The number of benzene rings is 2. The quantitative estimate of drug-likeness (QED) is 0.636. The fourth-order valence-corrected chi connectivity index (χ4v) is 5.37. The van der Waals surface area contributed by atoms with Crippen LogP contribution in [0.3, 0.4) is 0 Å². The molecule has 0 N–H and O–H groups in total. The SMILES string of the molecule is O=S(=O)(c1ccc(Br)cc1)N1CCN=C1SCc1ccc(C(F)(F)F)cc1. The number of aliphatic imine (C=N–C) groups is 1. The molecule has 0 aromatic heterocycles. The van der Waals surface area contributed by atoms with Crippen LogP contribution in [0, 0.1) is 0 Å². The van der Waals surface area contributed by atoms with Gasteiger partial charge in [0.1, 0.15) is 0 Å². The van der Waals surface area contributed by atoms with Crippen LogP contribution in [0.4, 0.5) is 13.2 Å². The highest BCUT2D eigenvalue weighted by atomic mass is 79.9. The van der Waals surface area contributed by atoms with Gasteiger partial charge in [0.2, 0.25) is 0 Å². The molecule has 0 atom stereocenters. The van der Waals surface area contributed by atoms with E-state index in [1.54, 1.807) is 12.1 Å². The van der Waals surface area contributed by atoms with Gasteiger partial charge in [0.25, 0.3) is 10.0 Å². The molecule has 0 saturated heterocycles. The Bertz CT molecular complexity index is 944. The van der Waals surface area contributed by atoms with E-state index in [2.05, 4.69) is 20.9 Å². The second kappa shape index (κ2) is 7.84. The van der Waals surface area contributed by atoms with Crippen LogP contribution in [-0.4, -0.2) is 31.0 Å². The van der Waals surface area contributed by atoms with Crippen molar-refractivity contribution >= 4 is 42.9 Å². The Morgan fingerprint density at radius 2 is 1.70 bits per heavy atom. The molecule has 0 fully saturated rings. The standard InChI is InChI=1S/C17H14BrF3N2O2S2/c18-14-5-7-15(8-6-14)27(24,25)23-10-9-22-16(23)26-11-12-1-3-13(4-2-12)17(19,20)21/h1-8H,9-11H2. The topological polar surface area (TPSA) is 49.7 Å². The Morgan fingerprint density at radius 1 is 1.07 bits per heavy atom. The monoisotopic (exact) mass is 478 g/mol. The van der Waals surface area contributed by atoms with Crippen molar-refractivity contribution in [2.45, 2.75) is 16.8 Å². The number of thioether (sulfide) groups is 1. The van der Waals surface area contributed by atoms with E-state index in [0.29, 0.717) is 23.0 Å². The first-order valence-electron chi connectivity index (χ1n) is 7.79. The van der Waals surface area contributed by atoms with Crippen LogP contribution < -0.4 is 0 Å². The number of sulfonamides is 1. The zero-order valence-electron chi connectivity index (χ0n) is 13.8. The third-order valence-corrected chi connectivity index (χ3v) is 7.35. The van der Waals surface area contributed by atoms with Gasteiger partial charge in [-0.1, -0.05) is 39.8 Å². The molecule has 0 spiro atoms. The summed E-state index contributed by atoms with van der Waals surface area (Å²) in [5.41, 5.74) is -0.0579. The minimum Gasteiger partial charge on any atom is -0.260 e. The Labute approximate surface area is 167 Å². The summed E-state index contributed by atoms with van der Waals surface area (Å²) in [4.78, 5) is 4.40. The lowest BCUT2D eigenvalue weighted by molar-refractivity contribution is -0.137. The van der Waals surface area contributed by atoms with Crippen LogP contribution in [0.1, 0.15) is 11.1 Å². The van der Waals surface area contributed by atoms with Gasteiger partial charge in [-0.2, -0.15) is 13.2 Å². The van der Waals surface area contributed by atoms with Gasteiger partial charge in [0.05, 0.1) is 23.5 Å². The summed E-state index contributed by atoms with van der Waals surface area (Å²) in [6, 6.07) is 11.1. The highest BCUT2D eigenvalue weighted by Gasteiger charge is 2.31. The lowest BCUT2D eigenvalue weighted by Crippen LogP contribution is -2.32. The van der Waals surface area contributed by atoms with Crippen LogP contribution >= 0.6 is 27.7 Å². The first-order valence-corrected chi connectivity index (χ1v) is 11.0. The highest BCUT2D eigenvalue weighted by Crippen LogP contribution is 2.30. The van der Waals surface area contributed by atoms with Crippen molar-refractivity contribution in [3.05, 3.63) is 64.1 Å². The third kappa shape index (κ3) is 4.67. The Hall–Kier alpha value is -1.52. The normalized spacial score (nSPS) is 15.1. The number of hydrogen-bond donors (Lipinski definition) is 0. The van der Waals surface area contributed by atoms with Gasteiger partial charge in [-0.25, -0.2) is 12.7 Å². The van der Waals surface area contributed by atoms with Crippen molar-refractivity contribution in [3.8, 4) is 0 Å². The van der Waals surface area contributed by atoms with E-state index >= 15 is 0 Å². The molecular weight excluding hydrogens is 465 g/mol. The maximum atomic E-state index is 12.8. The van der Waals surface area contributed by atoms with Crippen LogP contribution in [0.2, 0.25) is 0 Å². The molecule has 10 heteroatoms. The summed E-state index contributed by atoms with van der Waals surface area (Å²) in [6.07, 6.45) is -4.38. The van der Waals surface area contributed by atoms with Gasteiger partial charge in [0.15, 0.2) is 5.17 Å². The van der Waals surface area contributed by atoms with Gasteiger partial charge >= 0.3 is 6.18 Å². The number of alkyl halides is 3. The molecule has 4 nitrogen and oxygen atoms in total. The summed E-state index contributed by atoms with van der Waals surface area (Å²) < 4.78 is 65.5. The van der Waals surface area contributed by atoms with Gasteiger partial charge in [-0.05, 0) is 42.0 Å². The molecule has 0 radical (unpaired) electrons. The van der Waals surface area contributed by atoms with Crippen molar-refractivity contribution in [2.75, 3.05) is 13.1 Å². The Balaban J connectivity index is 1.71. The molecule has 27 heavy (non-hydrogen) atoms. The van der Waals surface area contributed by atoms with Gasteiger partial charge in [-0.3, -0.25) is 4.99 Å². The lowest BCUT2D eigenvalue weighted by Gasteiger charge is -2.20. The van der Waals surface area contributed by atoms with Crippen molar-refractivity contribution in [3.63, 3.8) is 0 Å². The summed E-state index contributed by atoms with van der Waals surface area (Å²) in [5.74, 6) is 0.323. The van der Waals surface area contributed by atoms with Crippen LogP contribution in [0.15, 0.2) is 62.9 Å². The second-order valence-corrected chi connectivity index (χ2v) is 9.40. The minimum absolute atomic E-state index is 0.162. The van der Waals surface area contributed by atoms with E-state index in [-0.39, 0.29) is 11.4 Å². The van der Waals surface area contributed by atoms with Crippen LogP contribution in [0.25, 0.3) is 0 Å². The number of halogens is 4. The maximum Gasteiger partial charge on any atom is 0.416 e. The maximum absolute atomic E-state index is 12.8. The van der Waals surface area contributed by atoms with Crippen LogP contribution in [-0.2, 0) is 22.0 Å². The summed E-state index contributed by atoms with van der Waals surface area (Å²) >= 11 is 4.46. The number of nitrogens with zero attached hydrogens (tertiary/aromatic N) is 2. The van der Waals surface area contributed by atoms with E-state index in [9.17, 15) is 21.6 Å². The molecule has 0 amide bonds. The van der Waals surface area contributed by atoms with Crippen molar-refractivity contribution in [1.29, 1.82) is 0 Å². The zero-order valence-corrected chi connectivity index (χ0v) is 17.0. The van der Waals surface area contributed by atoms with Crippen molar-refractivity contribution in [2.24, 2.45) is 4.99 Å². The fourth-order valence-electron chi connectivity index (χ4n) is 2.42. The number of amidine groups is 1. The zero-order chi connectivity index (χ0) is 19.7. The number of hydrogen-bond acceptors (Lipinski definition) is 4. The second-order valence-electron chi connectivity index (χ2n) is 5.68. The molecule has 2 aromatic rings. The summed E-state index contributed by atoms with van der Waals surface area (Å²) in [5, 5.41) is 0.345. The molecule has 0 saturated carbocycles. The number of rotatable bonds is 4. The molecule has 2 aromatic carbocycles. The average molecular weight is 479 g/mol. The fraction of sp³-hybridized carbons (Fsp3) is 0.235. The smallest absolute Gasteiger partial charge is 0.260 e. The minimum atomic E-state index is -4.38. The molecule has 1 heterocycles. The predicted octanol–water partition coefficient (Wildman–Crippen LogP) is 4.76. The van der Waals surface area contributed by atoms with Crippen LogP contribution in [0.5, 0.6) is 0 Å². The van der Waals surface area contributed by atoms with E-state index < -0.39 is 21.8 Å². The van der Waals surface area contributed by atoms with Gasteiger partial charge in [-0.15, -0.1) is 0 Å². The van der Waals surface area contributed by atoms with Gasteiger partial charge in [0, 0.05) is 10.2 Å². The molecule has 3 rings (SSSR count). The lowest BCUT2D eigenvalue weighted by atomic mass is 10.1. The largest absolute Gasteiger partial charge is 0.416 e. The molecule has 1 aliphatic heterocycles. The average Bonchev–Trinajstić information content (AvgIpc) is 3.09. The summed E-state index contributed by atoms with van der Waals surface area (Å²) in [7, 11) is -3.72. The predicted molar refractivity (Wildman–Crippen MR) is 103 cm³/mol.